The second-order valence-corrected chi connectivity index (χ2v) is 4.93. The van der Waals surface area contributed by atoms with Crippen molar-refractivity contribution in [3.8, 4) is 11.1 Å². The van der Waals surface area contributed by atoms with Crippen LogP contribution in [0.3, 0.4) is 0 Å². The van der Waals surface area contributed by atoms with Gasteiger partial charge in [-0.05, 0) is 35.4 Å². The fraction of sp³-hybridized carbons (Fsp3) is 0.294. The third kappa shape index (κ3) is 3.49. The molecule has 0 bridgehead atoms. The van der Waals surface area contributed by atoms with Crippen LogP contribution in [0.15, 0.2) is 54.6 Å². The van der Waals surface area contributed by atoms with Crippen molar-refractivity contribution in [2.45, 2.75) is 31.6 Å². The summed E-state index contributed by atoms with van der Waals surface area (Å²) in [6.45, 7) is 0. The first-order chi connectivity index (χ1) is 9.45. The summed E-state index contributed by atoms with van der Waals surface area (Å²) < 4.78 is 0. The van der Waals surface area contributed by atoms with Crippen molar-refractivity contribution in [1.82, 2.24) is 0 Å². The Labute approximate surface area is 123 Å². The van der Waals surface area contributed by atoms with E-state index < -0.39 is 0 Å². The van der Waals surface area contributed by atoms with E-state index in [1.807, 2.05) is 0 Å². The van der Waals surface area contributed by atoms with E-state index in [2.05, 4.69) is 75.2 Å². The van der Waals surface area contributed by atoms with E-state index in [0.717, 1.165) is 5.92 Å². The van der Waals surface area contributed by atoms with Crippen molar-refractivity contribution in [3.63, 3.8) is 0 Å². The largest absolute Gasteiger partial charge is 0.174 e. The third-order valence-corrected chi connectivity index (χ3v) is 3.84. The van der Waals surface area contributed by atoms with Crippen molar-refractivity contribution in [2.24, 2.45) is 0 Å². The molecule has 0 spiro atoms. The summed E-state index contributed by atoms with van der Waals surface area (Å²) in [7, 11) is 2.44. The molecule has 19 heavy (non-hydrogen) atoms. The maximum atomic E-state index is 4.44. The normalized spacial score (nSPS) is 14.8. The van der Waals surface area contributed by atoms with E-state index in [-0.39, 0.29) is 0 Å². The molecule has 0 nitrogen and oxygen atoms in total. The number of halogens is 1. The predicted octanol–water partition coefficient (Wildman–Crippen LogP) is 5.32. The summed E-state index contributed by atoms with van der Waals surface area (Å²) in [4.78, 5) is 0. The maximum absolute atomic E-state index is 4.44. The molecule has 2 heteroatoms. The molecule has 1 saturated carbocycles. The Hall–Kier alpha value is -1.05. The number of hydrogen-bond donors (Lipinski definition) is 0. The second kappa shape index (κ2) is 7.52. The average molecular weight is 286 g/mol. The minimum absolute atomic E-state index is 0.784. The van der Waals surface area contributed by atoms with Crippen molar-refractivity contribution in [2.75, 3.05) is 0 Å². The molecule has 0 saturated heterocycles. The van der Waals surface area contributed by atoms with Crippen LogP contribution in [0.2, 0.25) is 0 Å². The topological polar surface area (TPSA) is 0 Å². The smallest absolute Gasteiger partial charge is 0.174 e. The minimum atomic E-state index is 0.784. The molecule has 1 fully saturated rings. The van der Waals surface area contributed by atoms with Gasteiger partial charge in [0.1, 0.15) is 0 Å². The Morgan fingerprint density at radius 1 is 0.789 bits per heavy atom. The Balaban J connectivity index is 0.000000637. The molecule has 1 aliphatic rings. The lowest BCUT2D eigenvalue weighted by Gasteiger charge is -2.15. The molecule has 0 unspecified atom stereocenters. The summed E-state index contributed by atoms with van der Waals surface area (Å²) in [5, 5.41) is 0. The maximum Gasteiger partial charge on any atom is 0.174 e. The molecule has 3 radical (unpaired) electrons. The van der Waals surface area contributed by atoms with Crippen LogP contribution in [-0.4, -0.2) is 9.55 Å². The lowest BCUT2D eigenvalue weighted by molar-refractivity contribution is 0.725. The SMILES string of the molecule is [Si]Cl.c1ccc(-c2ccccc2C2CCCC2)cc1. The van der Waals surface area contributed by atoms with Crippen LogP contribution in [0.25, 0.3) is 11.1 Å². The van der Waals surface area contributed by atoms with Gasteiger partial charge in [-0.1, -0.05) is 67.4 Å². The van der Waals surface area contributed by atoms with Gasteiger partial charge in [-0.15, -0.1) is 0 Å². The lowest BCUT2D eigenvalue weighted by atomic mass is 9.89. The quantitative estimate of drug-likeness (QED) is 0.517. The first-order valence-corrected chi connectivity index (χ1v) is 8.29. The molecule has 0 aromatic heterocycles. The summed E-state index contributed by atoms with van der Waals surface area (Å²) in [5.74, 6) is 0.784. The van der Waals surface area contributed by atoms with E-state index >= 15 is 0 Å². The Morgan fingerprint density at radius 2 is 1.37 bits per heavy atom. The van der Waals surface area contributed by atoms with Crippen LogP contribution in [0.1, 0.15) is 37.2 Å². The van der Waals surface area contributed by atoms with Crippen LogP contribution in [0, 0.1) is 0 Å². The fourth-order valence-corrected chi connectivity index (χ4v) is 2.97. The van der Waals surface area contributed by atoms with Gasteiger partial charge in [-0.3, -0.25) is 0 Å². The van der Waals surface area contributed by atoms with Crippen molar-refractivity contribution >= 4 is 20.6 Å². The Kier molecular flexibility index (Phi) is 5.68. The van der Waals surface area contributed by atoms with Gasteiger partial charge in [0.2, 0.25) is 0 Å². The van der Waals surface area contributed by atoms with Crippen LogP contribution in [0.5, 0.6) is 0 Å². The van der Waals surface area contributed by atoms with Crippen molar-refractivity contribution in [1.29, 1.82) is 0 Å². The zero-order valence-electron chi connectivity index (χ0n) is 11.0. The van der Waals surface area contributed by atoms with Gasteiger partial charge in [-0.2, -0.15) is 11.1 Å². The van der Waals surface area contributed by atoms with Gasteiger partial charge in [-0.25, -0.2) is 0 Å². The highest BCUT2D eigenvalue weighted by Crippen LogP contribution is 2.38. The van der Waals surface area contributed by atoms with E-state index in [1.165, 1.54) is 36.8 Å². The highest BCUT2D eigenvalue weighted by Gasteiger charge is 2.19. The van der Waals surface area contributed by atoms with Gasteiger partial charge in [0, 0.05) is 0 Å². The van der Waals surface area contributed by atoms with Gasteiger partial charge in [0.25, 0.3) is 0 Å². The highest BCUT2D eigenvalue weighted by molar-refractivity contribution is 6.80. The zero-order chi connectivity index (χ0) is 13.5. The van der Waals surface area contributed by atoms with Crippen LogP contribution in [-0.2, 0) is 0 Å². The molecule has 0 amide bonds. The predicted molar refractivity (Wildman–Crippen MR) is 84.7 cm³/mol. The summed E-state index contributed by atoms with van der Waals surface area (Å²) in [6.07, 6.45) is 5.52. The molecule has 2 aromatic carbocycles. The molecule has 97 valence electrons. The van der Waals surface area contributed by atoms with E-state index in [4.69, 9.17) is 0 Å². The molecule has 0 aliphatic heterocycles. The fourth-order valence-electron chi connectivity index (χ4n) is 2.97. The van der Waals surface area contributed by atoms with Gasteiger partial charge < -0.3 is 0 Å². The van der Waals surface area contributed by atoms with E-state index in [1.54, 1.807) is 5.56 Å². The van der Waals surface area contributed by atoms with Crippen LogP contribution >= 0.6 is 11.1 Å². The van der Waals surface area contributed by atoms with Gasteiger partial charge >= 0.3 is 0 Å². The second-order valence-electron chi connectivity index (χ2n) is 4.93. The Morgan fingerprint density at radius 3 is 2.05 bits per heavy atom. The number of hydrogen-bond acceptors (Lipinski definition) is 0. The molecular weight excluding hydrogens is 268 g/mol. The molecule has 0 heterocycles. The summed E-state index contributed by atoms with van der Waals surface area (Å²) >= 11 is 4.44. The van der Waals surface area contributed by atoms with E-state index in [0.29, 0.717) is 0 Å². The summed E-state index contributed by atoms with van der Waals surface area (Å²) in [5.41, 5.74) is 4.34. The van der Waals surface area contributed by atoms with E-state index in [9.17, 15) is 0 Å². The standard InChI is InChI=1S/C17H18.ClSi/c1-2-8-14(9-3-1)16-12-6-7-13-17(16)15-10-4-5-11-15;1-2/h1-3,6-9,12-13,15H,4-5,10-11H2;. The number of rotatable bonds is 2. The summed E-state index contributed by atoms with van der Waals surface area (Å²) in [6, 6.07) is 19.7. The van der Waals surface area contributed by atoms with Gasteiger partial charge in [0.05, 0.1) is 0 Å². The first-order valence-electron chi connectivity index (χ1n) is 6.78. The minimum Gasteiger partial charge on any atom is -0.174 e. The highest BCUT2D eigenvalue weighted by atomic mass is 35.6. The lowest BCUT2D eigenvalue weighted by Crippen LogP contribution is -1.95. The average Bonchev–Trinajstić information content (AvgIpc) is 3.04. The monoisotopic (exact) mass is 285 g/mol. The van der Waals surface area contributed by atoms with Crippen molar-refractivity contribution in [3.05, 3.63) is 60.2 Å². The molecule has 0 atom stereocenters. The molecule has 3 rings (SSSR count). The number of benzene rings is 2. The first kappa shape index (κ1) is 14.4. The van der Waals surface area contributed by atoms with Crippen LogP contribution < -0.4 is 0 Å². The third-order valence-electron chi connectivity index (χ3n) is 3.84. The zero-order valence-corrected chi connectivity index (χ0v) is 12.7. The molecule has 0 N–H and O–H groups in total. The Bertz CT molecular complexity index is 490. The molecular formula is C17H18ClSi. The van der Waals surface area contributed by atoms with Gasteiger partial charge in [0.15, 0.2) is 9.55 Å². The molecule has 2 aromatic rings. The van der Waals surface area contributed by atoms with Crippen molar-refractivity contribution < 1.29 is 0 Å². The van der Waals surface area contributed by atoms with Crippen LogP contribution in [0.4, 0.5) is 0 Å². The molecule has 1 aliphatic carbocycles.